The topological polar surface area (TPSA) is 46.3 Å². The molecule has 1 aliphatic rings. The van der Waals surface area contributed by atoms with Gasteiger partial charge in [0.15, 0.2) is 0 Å². The average molecular weight is 212 g/mol. The molecule has 2 N–H and O–H groups in total. The van der Waals surface area contributed by atoms with E-state index in [0.717, 1.165) is 19.3 Å². The maximum Gasteiger partial charge on any atom is 0.225 e. The van der Waals surface area contributed by atoms with Gasteiger partial charge in [-0.2, -0.15) is 0 Å². The van der Waals surface area contributed by atoms with E-state index in [-0.39, 0.29) is 23.9 Å². The summed E-state index contributed by atoms with van der Waals surface area (Å²) >= 11 is 0. The second kappa shape index (κ2) is 4.97. The van der Waals surface area contributed by atoms with Gasteiger partial charge in [0.05, 0.1) is 0 Å². The van der Waals surface area contributed by atoms with Crippen molar-refractivity contribution in [3.8, 4) is 0 Å². The van der Waals surface area contributed by atoms with Gasteiger partial charge in [0.25, 0.3) is 0 Å². The molecule has 1 fully saturated rings. The number of hydrogen-bond donors (Lipinski definition) is 1. The van der Waals surface area contributed by atoms with Crippen LogP contribution in [0, 0.1) is 11.8 Å². The van der Waals surface area contributed by atoms with Crippen LogP contribution >= 0.6 is 0 Å². The van der Waals surface area contributed by atoms with E-state index in [0.29, 0.717) is 5.92 Å². The molecule has 88 valence electrons. The number of hydrogen-bond acceptors (Lipinski definition) is 2. The molecule has 1 aliphatic carbocycles. The first-order chi connectivity index (χ1) is 6.95. The fraction of sp³-hybridized carbons (Fsp3) is 0.917. The number of carbonyl (C=O) groups excluding carboxylic acids is 1. The lowest BCUT2D eigenvalue weighted by atomic mass is 9.76. The lowest BCUT2D eigenvalue weighted by Crippen LogP contribution is -2.46. The number of carbonyl (C=O) groups is 1. The Kier molecular flexibility index (Phi) is 4.14. The van der Waals surface area contributed by atoms with Crippen molar-refractivity contribution in [2.24, 2.45) is 17.6 Å². The van der Waals surface area contributed by atoms with Crippen molar-refractivity contribution in [1.82, 2.24) is 4.90 Å². The largest absolute Gasteiger partial charge is 0.343 e. The maximum atomic E-state index is 12.2. The van der Waals surface area contributed by atoms with Crippen molar-refractivity contribution in [2.45, 2.75) is 52.1 Å². The first-order valence-corrected chi connectivity index (χ1v) is 5.97. The second-order valence-corrected chi connectivity index (χ2v) is 5.10. The third kappa shape index (κ3) is 2.71. The summed E-state index contributed by atoms with van der Waals surface area (Å²) in [5.41, 5.74) is 6.01. The molecule has 3 unspecified atom stereocenters. The van der Waals surface area contributed by atoms with Gasteiger partial charge in [0, 0.05) is 25.0 Å². The van der Waals surface area contributed by atoms with Gasteiger partial charge in [-0.3, -0.25) is 4.79 Å². The minimum atomic E-state index is 0.140. The number of rotatable bonds is 2. The van der Waals surface area contributed by atoms with Gasteiger partial charge >= 0.3 is 0 Å². The Hall–Kier alpha value is -0.570. The Morgan fingerprint density at radius 3 is 2.53 bits per heavy atom. The summed E-state index contributed by atoms with van der Waals surface area (Å²) in [6.45, 7) is 6.21. The first-order valence-electron chi connectivity index (χ1n) is 5.97. The molecule has 1 saturated carbocycles. The van der Waals surface area contributed by atoms with E-state index in [4.69, 9.17) is 5.73 Å². The predicted molar refractivity (Wildman–Crippen MR) is 62.4 cm³/mol. The third-order valence-electron chi connectivity index (χ3n) is 3.80. The van der Waals surface area contributed by atoms with Gasteiger partial charge in [-0.05, 0) is 32.6 Å². The lowest BCUT2D eigenvalue weighted by Gasteiger charge is -2.36. The average Bonchev–Trinajstić information content (AvgIpc) is 2.20. The molecule has 0 saturated heterocycles. The van der Waals surface area contributed by atoms with Gasteiger partial charge < -0.3 is 10.6 Å². The Morgan fingerprint density at radius 1 is 1.40 bits per heavy atom. The van der Waals surface area contributed by atoms with E-state index in [1.54, 1.807) is 0 Å². The summed E-state index contributed by atoms with van der Waals surface area (Å²) in [6, 6.07) is 0.483. The highest BCUT2D eigenvalue weighted by atomic mass is 16.2. The minimum absolute atomic E-state index is 0.140. The van der Waals surface area contributed by atoms with Crippen molar-refractivity contribution in [3.63, 3.8) is 0 Å². The van der Waals surface area contributed by atoms with Crippen LogP contribution < -0.4 is 5.73 Å². The molecule has 0 aromatic rings. The summed E-state index contributed by atoms with van der Waals surface area (Å²) in [6.07, 6.45) is 3.16. The zero-order valence-corrected chi connectivity index (χ0v) is 10.4. The molecule has 0 aromatic carbocycles. The highest BCUT2D eigenvalue weighted by molar-refractivity contribution is 5.79. The Labute approximate surface area is 93.0 Å². The third-order valence-corrected chi connectivity index (χ3v) is 3.80. The van der Waals surface area contributed by atoms with E-state index >= 15 is 0 Å². The Bertz CT molecular complexity index is 228. The van der Waals surface area contributed by atoms with E-state index in [9.17, 15) is 4.79 Å². The maximum absolute atomic E-state index is 12.2. The van der Waals surface area contributed by atoms with Crippen LogP contribution in [0.5, 0.6) is 0 Å². The fourth-order valence-corrected chi connectivity index (χ4v) is 2.26. The molecule has 3 nitrogen and oxygen atoms in total. The summed E-state index contributed by atoms with van der Waals surface area (Å²) in [4.78, 5) is 14.0. The molecule has 0 bridgehead atoms. The summed E-state index contributed by atoms with van der Waals surface area (Å²) in [7, 11) is 1.89. The van der Waals surface area contributed by atoms with Crippen molar-refractivity contribution >= 4 is 5.91 Å². The number of amides is 1. The zero-order chi connectivity index (χ0) is 11.6. The Balaban J connectivity index is 2.66. The fourth-order valence-electron chi connectivity index (χ4n) is 2.26. The molecule has 3 heteroatoms. The lowest BCUT2D eigenvalue weighted by molar-refractivity contribution is -0.138. The molecule has 0 heterocycles. The highest BCUT2D eigenvalue weighted by Gasteiger charge is 2.34. The van der Waals surface area contributed by atoms with Gasteiger partial charge in [-0.1, -0.05) is 13.3 Å². The quantitative estimate of drug-likeness (QED) is 0.756. The van der Waals surface area contributed by atoms with Crippen molar-refractivity contribution in [2.75, 3.05) is 7.05 Å². The van der Waals surface area contributed by atoms with Crippen LogP contribution in [0.2, 0.25) is 0 Å². The van der Waals surface area contributed by atoms with E-state index < -0.39 is 0 Å². The van der Waals surface area contributed by atoms with Crippen LogP contribution in [0.15, 0.2) is 0 Å². The molecule has 3 atom stereocenters. The second-order valence-electron chi connectivity index (χ2n) is 5.10. The summed E-state index contributed by atoms with van der Waals surface area (Å²) < 4.78 is 0. The van der Waals surface area contributed by atoms with Crippen molar-refractivity contribution in [3.05, 3.63) is 0 Å². The van der Waals surface area contributed by atoms with Crippen LogP contribution in [0.25, 0.3) is 0 Å². The van der Waals surface area contributed by atoms with Crippen molar-refractivity contribution < 1.29 is 4.79 Å². The van der Waals surface area contributed by atoms with E-state index in [2.05, 4.69) is 6.92 Å². The molecular weight excluding hydrogens is 188 g/mol. The summed E-state index contributed by atoms with van der Waals surface area (Å²) in [5, 5.41) is 0. The molecule has 15 heavy (non-hydrogen) atoms. The smallest absolute Gasteiger partial charge is 0.225 e. The van der Waals surface area contributed by atoms with Gasteiger partial charge in [-0.25, -0.2) is 0 Å². The molecule has 1 rings (SSSR count). The zero-order valence-electron chi connectivity index (χ0n) is 10.4. The van der Waals surface area contributed by atoms with Gasteiger partial charge in [0.1, 0.15) is 0 Å². The predicted octanol–water partition coefficient (Wildman–Crippen LogP) is 1.62. The van der Waals surface area contributed by atoms with Crippen LogP contribution in [0.4, 0.5) is 0 Å². The highest BCUT2D eigenvalue weighted by Crippen LogP contribution is 2.30. The van der Waals surface area contributed by atoms with Crippen LogP contribution in [0.3, 0.4) is 0 Å². The standard InChI is InChI=1S/C12H24N2O/c1-8(2)14(4)12(15)10-6-5-7-11(13)9(10)3/h8-11H,5-7,13H2,1-4H3. The molecule has 0 aliphatic heterocycles. The first kappa shape index (κ1) is 12.5. The molecule has 0 aromatic heterocycles. The molecule has 0 spiro atoms. The molecule has 1 amide bonds. The van der Waals surface area contributed by atoms with Gasteiger partial charge in [0.2, 0.25) is 5.91 Å². The Morgan fingerprint density at radius 2 is 2.00 bits per heavy atom. The van der Waals surface area contributed by atoms with Crippen LogP contribution in [-0.2, 0) is 4.79 Å². The van der Waals surface area contributed by atoms with E-state index in [1.165, 1.54) is 0 Å². The SMILES string of the molecule is CC1C(N)CCCC1C(=O)N(C)C(C)C. The number of nitrogens with zero attached hydrogens (tertiary/aromatic N) is 1. The van der Waals surface area contributed by atoms with Crippen LogP contribution in [0.1, 0.15) is 40.0 Å². The van der Waals surface area contributed by atoms with Crippen molar-refractivity contribution in [1.29, 1.82) is 0 Å². The molecular formula is C12H24N2O. The van der Waals surface area contributed by atoms with Crippen LogP contribution in [-0.4, -0.2) is 29.9 Å². The summed E-state index contributed by atoms with van der Waals surface area (Å²) in [5.74, 6) is 0.737. The monoisotopic (exact) mass is 212 g/mol. The number of nitrogens with two attached hydrogens (primary N) is 1. The minimum Gasteiger partial charge on any atom is -0.343 e. The normalized spacial score (nSPS) is 31.7. The van der Waals surface area contributed by atoms with E-state index in [1.807, 2.05) is 25.8 Å². The molecule has 0 radical (unpaired) electrons. The van der Waals surface area contributed by atoms with Gasteiger partial charge in [-0.15, -0.1) is 0 Å².